The third kappa shape index (κ3) is 57.4. The van der Waals surface area contributed by atoms with E-state index in [9.17, 15) is 9.59 Å². The Morgan fingerprint density at radius 2 is 0.686 bits per heavy atom. The predicted molar refractivity (Wildman–Crippen MR) is 306 cm³/mol. The van der Waals surface area contributed by atoms with Gasteiger partial charge >= 0.3 is 11.9 Å². The Bertz CT molecular complexity index is 1330. The second-order valence-corrected chi connectivity index (χ2v) is 19.5. The minimum atomic E-state index is -0.599. The molecule has 1 atom stereocenters. The SMILES string of the molecule is CC/C=C\C/C=C\C/C=C\C/C=C\C/C=C\CC(=O)OC(COCCCCCCCCCCCC/C=C\CCCCCCCC)COC(=O)CCCCCCCCCCC/C=C\C/C=C\CCCCC. The zero-order valence-electron chi connectivity index (χ0n) is 46.3. The van der Waals surface area contributed by atoms with Crippen molar-refractivity contribution in [2.75, 3.05) is 19.8 Å². The van der Waals surface area contributed by atoms with Crippen LogP contribution >= 0.6 is 0 Å². The van der Waals surface area contributed by atoms with Crippen molar-refractivity contribution >= 4 is 11.9 Å². The molecule has 0 saturated heterocycles. The lowest BCUT2D eigenvalue weighted by atomic mass is 10.1. The monoisotopic (exact) mass is 973 g/mol. The van der Waals surface area contributed by atoms with Gasteiger partial charge in [-0.2, -0.15) is 0 Å². The predicted octanol–water partition coefficient (Wildman–Crippen LogP) is 20.6. The molecule has 0 amide bonds. The fraction of sp³-hybridized carbons (Fsp3) is 0.723. The van der Waals surface area contributed by atoms with E-state index in [4.69, 9.17) is 14.2 Å². The van der Waals surface area contributed by atoms with Crippen LogP contribution in [0.1, 0.15) is 278 Å². The molecule has 0 aliphatic heterocycles. The highest BCUT2D eigenvalue weighted by atomic mass is 16.6. The number of ether oxygens (including phenoxy) is 3. The van der Waals surface area contributed by atoms with Crippen molar-refractivity contribution in [2.45, 2.75) is 284 Å². The van der Waals surface area contributed by atoms with Crippen LogP contribution in [0.2, 0.25) is 0 Å². The summed E-state index contributed by atoms with van der Waals surface area (Å²) in [7, 11) is 0. The van der Waals surface area contributed by atoms with Gasteiger partial charge in [0.1, 0.15) is 6.61 Å². The van der Waals surface area contributed by atoms with Gasteiger partial charge in [0.25, 0.3) is 0 Å². The lowest BCUT2D eigenvalue weighted by molar-refractivity contribution is -0.162. The maximum absolute atomic E-state index is 12.8. The van der Waals surface area contributed by atoms with Crippen LogP contribution < -0.4 is 0 Å². The van der Waals surface area contributed by atoms with Crippen molar-refractivity contribution in [3.05, 3.63) is 97.2 Å². The number of unbranched alkanes of at least 4 members (excludes halogenated alkanes) is 28. The summed E-state index contributed by atoms with van der Waals surface area (Å²) in [5.74, 6) is -0.544. The quantitative estimate of drug-likeness (QED) is 0.0345. The molecule has 0 aromatic rings. The minimum absolute atomic E-state index is 0.0398. The molecule has 0 radical (unpaired) electrons. The van der Waals surface area contributed by atoms with E-state index in [1.54, 1.807) is 0 Å². The third-order valence-corrected chi connectivity index (χ3v) is 12.6. The largest absolute Gasteiger partial charge is 0.462 e. The molecule has 0 aliphatic rings. The zero-order chi connectivity index (χ0) is 50.6. The second-order valence-electron chi connectivity index (χ2n) is 19.5. The van der Waals surface area contributed by atoms with Crippen molar-refractivity contribution in [1.82, 2.24) is 0 Å². The molecule has 0 rings (SSSR count). The molecule has 0 bridgehead atoms. The van der Waals surface area contributed by atoms with Gasteiger partial charge in [0.2, 0.25) is 0 Å². The molecule has 0 aromatic heterocycles. The third-order valence-electron chi connectivity index (χ3n) is 12.6. The van der Waals surface area contributed by atoms with Crippen LogP contribution in [0.4, 0.5) is 0 Å². The molecule has 0 aromatic carbocycles. The smallest absolute Gasteiger partial charge is 0.310 e. The summed E-state index contributed by atoms with van der Waals surface area (Å²) in [6.45, 7) is 7.60. The van der Waals surface area contributed by atoms with Crippen molar-refractivity contribution in [3.63, 3.8) is 0 Å². The van der Waals surface area contributed by atoms with E-state index in [0.29, 0.717) is 13.0 Å². The minimum Gasteiger partial charge on any atom is -0.462 e. The van der Waals surface area contributed by atoms with Crippen molar-refractivity contribution in [3.8, 4) is 0 Å². The topological polar surface area (TPSA) is 61.8 Å². The number of carbonyl (C=O) groups excluding carboxylic acids is 2. The highest BCUT2D eigenvalue weighted by molar-refractivity contribution is 5.71. The molecular weight excluding hydrogens is 861 g/mol. The van der Waals surface area contributed by atoms with E-state index in [2.05, 4.69) is 106 Å². The Morgan fingerprint density at radius 3 is 1.14 bits per heavy atom. The second kappa shape index (κ2) is 60.1. The van der Waals surface area contributed by atoms with Crippen LogP contribution in [-0.4, -0.2) is 37.9 Å². The van der Waals surface area contributed by atoms with Crippen molar-refractivity contribution in [2.24, 2.45) is 0 Å². The molecule has 1 unspecified atom stereocenters. The standard InChI is InChI=1S/C65H112O5/c1-4-7-10-13-16-19-22-25-28-30-32-34-36-39-42-45-48-51-54-57-60-68-61-63(70-65(67)59-56-53-50-47-44-41-37-27-24-21-18-15-12-9-6-3)62-69-64(66)58-55-52-49-46-43-40-38-35-33-31-29-26-23-20-17-14-11-8-5-2/h9,12,17-18,20-21,25-29,37,44,47,53,56,63H,4-8,10-11,13-16,19,22-24,30-36,38-43,45-46,48-52,54-55,57-62H2,1-3H3/b12-9-,20-17-,21-18-,28-25-,29-26-,37-27-,47-44-,56-53-. The van der Waals surface area contributed by atoms with Gasteiger partial charge in [0.05, 0.1) is 13.0 Å². The van der Waals surface area contributed by atoms with Crippen LogP contribution in [-0.2, 0) is 23.8 Å². The summed E-state index contributed by atoms with van der Waals surface area (Å²) in [6, 6.07) is 0. The molecule has 5 heteroatoms. The average Bonchev–Trinajstić information content (AvgIpc) is 3.36. The van der Waals surface area contributed by atoms with Crippen molar-refractivity contribution < 1.29 is 23.8 Å². The summed E-state index contributed by atoms with van der Waals surface area (Å²) in [5, 5.41) is 0. The van der Waals surface area contributed by atoms with Crippen LogP contribution in [0.5, 0.6) is 0 Å². The van der Waals surface area contributed by atoms with E-state index >= 15 is 0 Å². The molecule has 5 nitrogen and oxygen atoms in total. The maximum atomic E-state index is 12.8. The molecule has 0 fully saturated rings. The number of esters is 2. The van der Waals surface area contributed by atoms with E-state index in [1.807, 2.05) is 12.2 Å². The highest BCUT2D eigenvalue weighted by Gasteiger charge is 2.17. The zero-order valence-corrected chi connectivity index (χ0v) is 46.3. The summed E-state index contributed by atoms with van der Waals surface area (Å²) >= 11 is 0. The maximum Gasteiger partial charge on any atom is 0.310 e. The molecular formula is C65H112O5. The Balaban J connectivity index is 4.35. The molecule has 402 valence electrons. The Labute approximate surface area is 434 Å². The first-order chi connectivity index (χ1) is 34.6. The summed E-state index contributed by atoms with van der Waals surface area (Å²) in [6.07, 6.45) is 81.8. The summed E-state index contributed by atoms with van der Waals surface area (Å²) in [4.78, 5) is 25.5. The molecule has 0 saturated carbocycles. The number of hydrogen-bond donors (Lipinski definition) is 0. The van der Waals surface area contributed by atoms with Gasteiger partial charge in [-0.25, -0.2) is 0 Å². The first kappa shape index (κ1) is 66.8. The number of carbonyl (C=O) groups is 2. The first-order valence-electron chi connectivity index (χ1n) is 29.8. The fourth-order valence-corrected chi connectivity index (χ4v) is 8.20. The van der Waals surface area contributed by atoms with Gasteiger partial charge in [-0.15, -0.1) is 0 Å². The van der Waals surface area contributed by atoms with Crippen molar-refractivity contribution in [1.29, 1.82) is 0 Å². The number of hydrogen-bond acceptors (Lipinski definition) is 5. The number of rotatable bonds is 54. The molecule has 70 heavy (non-hydrogen) atoms. The van der Waals surface area contributed by atoms with E-state index in [0.717, 1.165) is 70.6 Å². The van der Waals surface area contributed by atoms with Crippen LogP contribution in [0.3, 0.4) is 0 Å². The van der Waals surface area contributed by atoms with Crippen LogP contribution in [0.15, 0.2) is 97.2 Å². The molecule has 0 heterocycles. The Morgan fingerprint density at radius 1 is 0.343 bits per heavy atom. The number of allylic oxidation sites excluding steroid dienone is 15. The van der Waals surface area contributed by atoms with Crippen LogP contribution in [0, 0.1) is 0 Å². The fourth-order valence-electron chi connectivity index (χ4n) is 8.20. The summed E-state index contributed by atoms with van der Waals surface area (Å²) < 4.78 is 17.4. The van der Waals surface area contributed by atoms with Gasteiger partial charge in [0.15, 0.2) is 6.10 Å². The van der Waals surface area contributed by atoms with Gasteiger partial charge in [0, 0.05) is 13.0 Å². The molecule has 0 N–H and O–H groups in total. The van der Waals surface area contributed by atoms with Gasteiger partial charge in [-0.1, -0.05) is 259 Å². The molecule has 0 aliphatic carbocycles. The van der Waals surface area contributed by atoms with Crippen LogP contribution in [0.25, 0.3) is 0 Å². The summed E-state index contributed by atoms with van der Waals surface area (Å²) in [5.41, 5.74) is 0. The highest BCUT2D eigenvalue weighted by Crippen LogP contribution is 2.15. The first-order valence-corrected chi connectivity index (χ1v) is 29.8. The van der Waals surface area contributed by atoms with E-state index < -0.39 is 6.10 Å². The Kier molecular flexibility index (Phi) is 57.4. The van der Waals surface area contributed by atoms with Gasteiger partial charge in [-0.3, -0.25) is 9.59 Å². The lowest BCUT2D eigenvalue weighted by Crippen LogP contribution is -2.29. The van der Waals surface area contributed by atoms with E-state index in [-0.39, 0.29) is 31.6 Å². The Hall–Kier alpha value is -3.18. The average molecular weight is 974 g/mol. The van der Waals surface area contributed by atoms with Gasteiger partial charge < -0.3 is 14.2 Å². The van der Waals surface area contributed by atoms with Gasteiger partial charge in [-0.05, 0) is 103 Å². The van der Waals surface area contributed by atoms with E-state index in [1.165, 1.54) is 173 Å². The molecule has 0 spiro atoms. The normalized spacial score (nSPS) is 12.9. The lowest BCUT2D eigenvalue weighted by Gasteiger charge is -2.18.